The van der Waals surface area contributed by atoms with Gasteiger partial charge in [-0.25, -0.2) is 0 Å². The standard InChI is InChI=1S/C14H15ClO/c1-4-13(15)8-7-12(3)16-14-9-5-11(2)6-10-14/h4-10H,3H2,1-2H3/b8-7-,13-4+. The molecule has 1 aromatic rings. The molecular weight excluding hydrogens is 220 g/mol. The van der Waals surface area contributed by atoms with Crippen LogP contribution in [0.15, 0.2) is 59.9 Å². The molecule has 0 atom stereocenters. The third-order valence-corrected chi connectivity index (χ3v) is 2.32. The van der Waals surface area contributed by atoms with Crippen LogP contribution in [-0.2, 0) is 0 Å². The number of hydrogen-bond donors (Lipinski definition) is 0. The van der Waals surface area contributed by atoms with Crippen LogP contribution < -0.4 is 4.74 Å². The molecule has 1 aromatic carbocycles. The Labute approximate surface area is 102 Å². The van der Waals surface area contributed by atoms with Crippen molar-refractivity contribution in [1.29, 1.82) is 0 Å². The Hall–Kier alpha value is -1.47. The van der Waals surface area contributed by atoms with E-state index in [1.807, 2.05) is 38.1 Å². The van der Waals surface area contributed by atoms with Gasteiger partial charge in [0.15, 0.2) is 0 Å². The molecule has 0 aliphatic rings. The number of benzene rings is 1. The Bertz CT molecular complexity index is 413. The number of hydrogen-bond acceptors (Lipinski definition) is 1. The van der Waals surface area contributed by atoms with Crippen LogP contribution >= 0.6 is 11.6 Å². The van der Waals surface area contributed by atoms with Crippen molar-refractivity contribution < 1.29 is 4.74 Å². The molecule has 0 fully saturated rings. The lowest BCUT2D eigenvalue weighted by Crippen LogP contribution is -1.89. The van der Waals surface area contributed by atoms with Gasteiger partial charge in [0, 0.05) is 5.03 Å². The normalized spacial score (nSPS) is 11.8. The number of halogens is 1. The van der Waals surface area contributed by atoms with E-state index in [0.717, 1.165) is 5.75 Å². The van der Waals surface area contributed by atoms with Crippen molar-refractivity contribution in [2.45, 2.75) is 13.8 Å². The summed E-state index contributed by atoms with van der Waals surface area (Å²) < 4.78 is 5.50. The van der Waals surface area contributed by atoms with Gasteiger partial charge in [0.05, 0.1) is 0 Å². The zero-order valence-corrected chi connectivity index (χ0v) is 10.3. The van der Waals surface area contributed by atoms with E-state index in [9.17, 15) is 0 Å². The summed E-state index contributed by atoms with van der Waals surface area (Å²) in [6.45, 7) is 7.69. The topological polar surface area (TPSA) is 9.23 Å². The van der Waals surface area contributed by atoms with Crippen LogP contribution in [0.2, 0.25) is 0 Å². The molecule has 1 rings (SSSR count). The molecule has 16 heavy (non-hydrogen) atoms. The molecule has 0 saturated heterocycles. The van der Waals surface area contributed by atoms with E-state index in [2.05, 4.69) is 6.58 Å². The van der Waals surface area contributed by atoms with Crippen molar-refractivity contribution >= 4 is 11.6 Å². The fraction of sp³-hybridized carbons (Fsp3) is 0.143. The van der Waals surface area contributed by atoms with Gasteiger partial charge in [0.2, 0.25) is 0 Å². The quantitative estimate of drug-likeness (QED) is 0.547. The molecule has 0 bridgehead atoms. The van der Waals surface area contributed by atoms with Gasteiger partial charge in [-0.2, -0.15) is 0 Å². The smallest absolute Gasteiger partial charge is 0.127 e. The van der Waals surface area contributed by atoms with Crippen molar-refractivity contribution in [2.24, 2.45) is 0 Å². The van der Waals surface area contributed by atoms with Crippen molar-refractivity contribution in [3.63, 3.8) is 0 Å². The molecule has 0 amide bonds. The molecule has 1 nitrogen and oxygen atoms in total. The van der Waals surface area contributed by atoms with E-state index in [-0.39, 0.29) is 0 Å². The molecule has 0 N–H and O–H groups in total. The van der Waals surface area contributed by atoms with Crippen LogP contribution in [0.5, 0.6) is 5.75 Å². The third-order valence-electron chi connectivity index (χ3n) is 1.97. The second-order valence-electron chi connectivity index (χ2n) is 3.39. The van der Waals surface area contributed by atoms with E-state index in [1.165, 1.54) is 5.56 Å². The first-order chi connectivity index (χ1) is 7.61. The second-order valence-corrected chi connectivity index (χ2v) is 3.82. The minimum absolute atomic E-state index is 0.559. The second kappa shape index (κ2) is 6.19. The highest BCUT2D eigenvalue weighted by Gasteiger charge is 1.94. The summed E-state index contributed by atoms with van der Waals surface area (Å²) in [7, 11) is 0. The van der Waals surface area contributed by atoms with Gasteiger partial charge in [-0.3, -0.25) is 0 Å². The summed E-state index contributed by atoms with van der Waals surface area (Å²) >= 11 is 5.81. The summed E-state index contributed by atoms with van der Waals surface area (Å²) in [6, 6.07) is 7.80. The predicted octanol–water partition coefficient (Wildman–Crippen LogP) is 4.59. The fourth-order valence-corrected chi connectivity index (χ4v) is 1.12. The number of aryl methyl sites for hydroxylation is 1. The summed E-state index contributed by atoms with van der Waals surface area (Å²) in [5.41, 5.74) is 1.20. The SMILES string of the molecule is C=C(/C=C\C(Cl)=C/C)Oc1ccc(C)cc1. The molecule has 0 spiro atoms. The summed E-state index contributed by atoms with van der Waals surface area (Å²) in [5, 5.41) is 0.661. The first-order valence-corrected chi connectivity index (χ1v) is 5.43. The van der Waals surface area contributed by atoms with E-state index < -0.39 is 0 Å². The highest BCUT2D eigenvalue weighted by molar-refractivity contribution is 6.31. The molecular formula is C14H15ClO. The fourth-order valence-electron chi connectivity index (χ4n) is 1.06. The largest absolute Gasteiger partial charge is 0.458 e. The highest BCUT2D eigenvalue weighted by atomic mass is 35.5. The van der Waals surface area contributed by atoms with Crippen LogP contribution in [0.3, 0.4) is 0 Å². The van der Waals surface area contributed by atoms with Gasteiger partial charge in [-0.1, -0.05) is 42.0 Å². The molecule has 0 aliphatic carbocycles. The van der Waals surface area contributed by atoms with Crippen LogP contribution in [0.1, 0.15) is 12.5 Å². The zero-order valence-electron chi connectivity index (χ0n) is 9.53. The Morgan fingerprint density at radius 2 is 1.88 bits per heavy atom. The molecule has 0 unspecified atom stereocenters. The highest BCUT2D eigenvalue weighted by Crippen LogP contribution is 2.15. The maximum Gasteiger partial charge on any atom is 0.127 e. The van der Waals surface area contributed by atoms with Crippen molar-refractivity contribution in [3.8, 4) is 5.75 Å². The van der Waals surface area contributed by atoms with Gasteiger partial charge >= 0.3 is 0 Å². The van der Waals surface area contributed by atoms with Gasteiger partial charge < -0.3 is 4.74 Å². The Kier molecular flexibility index (Phi) is 4.87. The van der Waals surface area contributed by atoms with Gasteiger partial charge in [-0.05, 0) is 38.1 Å². The van der Waals surface area contributed by atoms with E-state index in [0.29, 0.717) is 10.8 Å². The summed E-state index contributed by atoms with van der Waals surface area (Å²) in [4.78, 5) is 0. The predicted molar refractivity (Wildman–Crippen MR) is 69.7 cm³/mol. The Balaban J connectivity index is 2.58. The zero-order chi connectivity index (χ0) is 12.0. The van der Waals surface area contributed by atoms with Gasteiger partial charge in [0.1, 0.15) is 11.5 Å². The lowest BCUT2D eigenvalue weighted by atomic mass is 10.2. The molecule has 0 aliphatic heterocycles. The minimum atomic E-state index is 0.559. The lowest BCUT2D eigenvalue weighted by Gasteiger charge is -2.04. The maximum atomic E-state index is 5.81. The van der Waals surface area contributed by atoms with Crippen LogP contribution in [0, 0.1) is 6.92 Å². The van der Waals surface area contributed by atoms with Gasteiger partial charge in [0.25, 0.3) is 0 Å². The van der Waals surface area contributed by atoms with Gasteiger partial charge in [-0.15, -0.1) is 0 Å². The lowest BCUT2D eigenvalue weighted by molar-refractivity contribution is 0.447. The summed E-state index contributed by atoms with van der Waals surface area (Å²) in [5.74, 6) is 1.33. The van der Waals surface area contributed by atoms with Crippen LogP contribution in [0.25, 0.3) is 0 Å². The number of ether oxygens (including phenoxy) is 1. The first kappa shape index (κ1) is 12.6. The van der Waals surface area contributed by atoms with Crippen LogP contribution in [-0.4, -0.2) is 0 Å². The first-order valence-electron chi connectivity index (χ1n) is 5.05. The Morgan fingerprint density at radius 3 is 2.44 bits per heavy atom. The number of allylic oxidation sites excluding steroid dienone is 4. The molecule has 0 heterocycles. The van der Waals surface area contributed by atoms with Crippen molar-refractivity contribution in [3.05, 3.63) is 65.4 Å². The minimum Gasteiger partial charge on any atom is -0.458 e. The Morgan fingerprint density at radius 1 is 1.25 bits per heavy atom. The third kappa shape index (κ3) is 4.37. The summed E-state index contributed by atoms with van der Waals surface area (Å²) in [6.07, 6.45) is 5.29. The van der Waals surface area contributed by atoms with Crippen molar-refractivity contribution in [1.82, 2.24) is 0 Å². The van der Waals surface area contributed by atoms with Crippen LogP contribution in [0.4, 0.5) is 0 Å². The molecule has 0 radical (unpaired) electrons. The molecule has 0 aromatic heterocycles. The average molecular weight is 235 g/mol. The van der Waals surface area contributed by atoms with E-state index in [1.54, 1.807) is 18.2 Å². The number of rotatable bonds is 4. The molecule has 84 valence electrons. The average Bonchev–Trinajstić information content (AvgIpc) is 2.29. The van der Waals surface area contributed by atoms with E-state index >= 15 is 0 Å². The maximum absolute atomic E-state index is 5.81. The molecule has 2 heteroatoms. The monoisotopic (exact) mass is 234 g/mol. The molecule has 0 saturated carbocycles. The van der Waals surface area contributed by atoms with Crippen molar-refractivity contribution in [2.75, 3.05) is 0 Å². The van der Waals surface area contributed by atoms with E-state index in [4.69, 9.17) is 16.3 Å².